The first-order chi connectivity index (χ1) is 9.26. The van der Waals surface area contributed by atoms with Crippen LogP contribution in [0.3, 0.4) is 0 Å². The number of nitrogens with one attached hydrogen (secondary N) is 1. The fourth-order valence-corrected chi connectivity index (χ4v) is 5.81. The van der Waals surface area contributed by atoms with Gasteiger partial charge in [0.25, 0.3) is 0 Å². The van der Waals surface area contributed by atoms with Gasteiger partial charge in [-0.05, 0) is 30.7 Å². The van der Waals surface area contributed by atoms with E-state index < -0.39 is 0 Å². The molecular weight excluding hydrogens is 277 g/mol. The molecule has 0 radical (unpaired) electrons. The van der Waals surface area contributed by atoms with Crippen LogP contribution < -0.4 is 5.32 Å². The number of halogens is 1. The molecule has 1 nitrogen and oxygen atoms in total. The van der Waals surface area contributed by atoms with E-state index in [-0.39, 0.29) is 5.82 Å². The standard InChI is InChI=1S/C15H22FNS2/c1-3-13-15(19-10-9-18-13)14(17-4-2)11-5-7-12(16)8-6-11/h5-8,13-15,17H,3-4,9-10H2,1-2H3. The largest absolute Gasteiger partial charge is 0.309 e. The first-order valence-electron chi connectivity index (χ1n) is 6.98. The highest BCUT2D eigenvalue weighted by Gasteiger charge is 2.32. The number of benzene rings is 1. The molecule has 0 aliphatic carbocycles. The number of hydrogen-bond acceptors (Lipinski definition) is 3. The molecule has 3 unspecified atom stereocenters. The van der Waals surface area contributed by atoms with Crippen molar-refractivity contribution in [3.63, 3.8) is 0 Å². The predicted octanol–water partition coefficient (Wildman–Crippen LogP) is 4.10. The lowest BCUT2D eigenvalue weighted by atomic mass is 10.00. The maximum absolute atomic E-state index is 13.1. The third-order valence-electron chi connectivity index (χ3n) is 3.48. The minimum atomic E-state index is -0.156. The van der Waals surface area contributed by atoms with Crippen LogP contribution in [0, 0.1) is 5.82 Å². The fourth-order valence-electron chi connectivity index (χ4n) is 2.56. The van der Waals surface area contributed by atoms with Crippen molar-refractivity contribution >= 4 is 23.5 Å². The van der Waals surface area contributed by atoms with Gasteiger partial charge in [-0.1, -0.05) is 26.0 Å². The highest BCUT2D eigenvalue weighted by atomic mass is 32.2. The van der Waals surface area contributed by atoms with Crippen molar-refractivity contribution in [2.24, 2.45) is 0 Å². The van der Waals surface area contributed by atoms with Gasteiger partial charge in [0.1, 0.15) is 5.82 Å². The molecule has 0 spiro atoms. The molecule has 1 aromatic rings. The number of thioether (sulfide) groups is 2. The van der Waals surface area contributed by atoms with E-state index >= 15 is 0 Å². The van der Waals surface area contributed by atoms with Crippen molar-refractivity contribution in [3.8, 4) is 0 Å². The zero-order valence-electron chi connectivity index (χ0n) is 11.6. The van der Waals surface area contributed by atoms with Gasteiger partial charge in [0.05, 0.1) is 0 Å². The van der Waals surface area contributed by atoms with E-state index in [2.05, 4.69) is 42.7 Å². The van der Waals surface area contributed by atoms with Crippen LogP contribution in [0.1, 0.15) is 31.9 Å². The molecule has 3 atom stereocenters. The van der Waals surface area contributed by atoms with Gasteiger partial charge in [-0.2, -0.15) is 23.5 Å². The van der Waals surface area contributed by atoms with Crippen LogP contribution in [0.2, 0.25) is 0 Å². The molecule has 106 valence electrons. The molecule has 2 rings (SSSR count). The molecule has 4 heteroatoms. The smallest absolute Gasteiger partial charge is 0.123 e. The first kappa shape index (κ1) is 15.2. The molecule has 1 saturated heterocycles. The maximum atomic E-state index is 13.1. The Kier molecular flexibility index (Phi) is 6.05. The van der Waals surface area contributed by atoms with E-state index in [9.17, 15) is 4.39 Å². The van der Waals surface area contributed by atoms with Gasteiger partial charge in [0.2, 0.25) is 0 Å². The number of rotatable bonds is 5. The quantitative estimate of drug-likeness (QED) is 0.879. The second-order valence-corrected chi connectivity index (χ2v) is 7.37. The SMILES string of the molecule is CCNC(c1ccc(F)cc1)C1SCCSC1CC. The summed E-state index contributed by atoms with van der Waals surface area (Å²) in [5, 5.41) is 4.86. The lowest BCUT2D eigenvalue weighted by molar-refractivity contribution is 0.511. The molecule has 1 aliphatic heterocycles. The average Bonchev–Trinajstić information content (AvgIpc) is 2.46. The average molecular weight is 299 g/mol. The minimum Gasteiger partial charge on any atom is -0.309 e. The molecule has 1 aliphatic rings. The summed E-state index contributed by atoms with van der Waals surface area (Å²) in [6.45, 7) is 5.35. The molecule has 1 N–H and O–H groups in total. The third-order valence-corrected chi connectivity index (χ3v) is 6.83. The van der Waals surface area contributed by atoms with E-state index in [0.29, 0.717) is 16.5 Å². The molecule has 1 aromatic carbocycles. The molecule has 0 saturated carbocycles. The minimum absolute atomic E-state index is 0.156. The van der Waals surface area contributed by atoms with Crippen molar-refractivity contribution < 1.29 is 4.39 Å². The van der Waals surface area contributed by atoms with E-state index in [0.717, 1.165) is 6.54 Å². The van der Waals surface area contributed by atoms with E-state index in [1.807, 2.05) is 12.1 Å². The Hall–Kier alpha value is -0.190. The lowest BCUT2D eigenvalue weighted by Crippen LogP contribution is -2.38. The highest BCUT2D eigenvalue weighted by molar-refractivity contribution is 8.07. The van der Waals surface area contributed by atoms with Crippen molar-refractivity contribution in [1.82, 2.24) is 5.32 Å². The zero-order chi connectivity index (χ0) is 13.7. The van der Waals surface area contributed by atoms with Crippen LogP contribution >= 0.6 is 23.5 Å². The van der Waals surface area contributed by atoms with E-state index in [4.69, 9.17) is 0 Å². The Morgan fingerprint density at radius 2 is 1.89 bits per heavy atom. The zero-order valence-corrected chi connectivity index (χ0v) is 13.2. The molecule has 1 heterocycles. The monoisotopic (exact) mass is 299 g/mol. The van der Waals surface area contributed by atoms with Crippen molar-refractivity contribution in [3.05, 3.63) is 35.6 Å². The van der Waals surface area contributed by atoms with Gasteiger partial charge in [-0.25, -0.2) is 4.39 Å². The summed E-state index contributed by atoms with van der Waals surface area (Å²) in [7, 11) is 0. The van der Waals surface area contributed by atoms with Gasteiger partial charge in [-0.15, -0.1) is 0 Å². The predicted molar refractivity (Wildman–Crippen MR) is 85.6 cm³/mol. The molecule has 0 bridgehead atoms. The fraction of sp³-hybridized carbons (Fsp3) is 0.600. The Bertz CT molecular complexity index is 382. The van der Waals surface area contributed by atoms with Crippen molar-refractivity contribution in [1.29, 1.82) is 0 Å². The Balaban J connectivity index is 2.20. The van der Waals surface area contributed by atoms with Crippen molar-refractivity contribution in [2.45, 2.75) is 36.8 Å². The summed E-state index contributed by atoms with van der Waals surface area (Å²) in [5.74, 6) is 2.31. The molecule has 0 amide bonds. The third kappa shape index (κ3) is 3.89. The molecule has 1 fully saturated rings. The van der Waals surface area contributed by atoms with Crippen LogP contribution in [0.5, 0.6) is 0 Å². The number of hydrogen-bond donors (Lipinski definition) is 1. The van der Waals surface area contributed by atoms with Crippen LogP contribution in [-0.4, -0.2) is 28.6 Å². The summed E-state index contributed by atoms with van der Waals surface area (Å²) >= 11 is 4.15. The summed E-state index contributed by atoms with van der Waals surface area (Å²) < 4.78 is 13.1. The van der Waals surface area contributed by atoms with Gasteiger partial charge >= 0.3 is 0 Å². The Morgan fingerprint density at radius 3 is 2.53 bits per heavy atom. The normalized spacial score (nSPS) is 25.2. The first-order valence-corrected chi connectivity index (χ1v) is 9.08. The topological polar surface area (TPSA) is 12.0 Å². The Labute approximate surface area is 124 Å². The van der Waals surface area contributed by atoms with E-state index in [1.165, 1.54) is 23.5 Å². The highest BCUT2D eigenvalue weighted by Crippen LogP contribution is 2.40. The lowest BCUT2D eigenvalue weighted by Gasteiger charge is -2.36. The molecular formula is C15H22FNS2. The van der Waals surface area contributed by atoms with E-state index in [1.54, 1.807) is 12.1 Å². The van der Waals surface area contributed by atoms with Crippen LogP contribution in [0.15, 0.2) is 24.3 Å². The second-order valence-electron chi connectivity index (χ2n) is 4.74. The van der Waals surface area contributed by atoms with Gasteiger partial charge < -0.3 is 5.32 Å². The summed E-state index contributed by atoms with van der Waals surface area (Å²) in [6.07, 6.45) is 1.20. The van der Waals surface area contributed by atoms with Gasteiger partial charge in [-0.3, -0.25) is 0 Å². The van der Waals surface area contributed by atoms with Crippen LogP contribution in [0.4, 0.5) is 4.39 Å². The van der Waals surface area contributed by atoms with Gasteiger partial charge in [0, 0.05) is 28.0 Å². The summed E-state index contributed by atoms with van der Waals surface area (Å²) in [6, 6.07) is 7.32. The maximum Gasteiger partial charge on any atom is 0.123 e. The summed E-state index contributed by atoms with van der Waals surface area (Å²) in [5.41, 5.74) is 1.21. The van der Waals surface area contributed by atoms with Gasteiger partial charge in [0.15, 0.2) is 0 Å². The Morgan fingerprint density at radius 1 is 1.21 bits per heavy atom. The summed E-state index contributed by atoms with van der Waals surface area (Å²) in [4.78, 5) is 0. The van der Waals surface area contributed by atoms with Crippen molar-refractivity contribution in [2.75, 3.05) is 18.1 Å². The molecule has 19 heavy (non-hydrogen) atoms. The molecule has 0 aromatic heterocycles. The second kappa shape index (κ2) is 7.55. The van der Waals surface area contributed by atoms with Crippen LogP contribution in [-0.2, 0) is 0 Å². The van der Waals surface area contributed by atoms with Crippen LogP contribution in [0.25, 0.3) is 0 Å².